The molecule has 0 bridgehead atoms. The van der Waals surface area contributed by atoms with Gasteiger partial charge in [0.1, 0.15) is 18.1 Å². The molecule has 0 spiro atoms. The van der Waals surface area contributed by atoms with E-state index in [1.807, 2.05) is 0 Å². The van der Waals surface area contributed by atoms with Gasteiger partial charge in [0.15, 0.2) is 5.78 Å². The summed E-state index contributed by atoms with van der Waals surface area (Å²) in [5.74, 6) is -7.63. The molecule has 0 saturated heterocycles. The van der Waals surface area contributed by atoms with Gasteiger partial charge in [0.05, 0.1) is 0 Å². The minimum Gasteiger partial charge on any atom is -0.304 e. The number of alkyl halides is 6. The molecule has 2 atom stereocenters. The van der Waals surface area contributed by atoms with Crippen LogP contribution >= 0.6 is 0 Å². The van der Waals surface area contributed by atoms with E-state index < -0.39 is 41.1 Å². The van der Waals surface area contributed by atoms with Crippen LogP contribution in [0.25, 0.3) is 0 Å². The summed E-state index contributed by atoms with van der Waals surface area (Å²) in [6.45, 7) is 4.69. The second kappa shape index (κ2) is 9.71. The quantitative estimate of drug-likeness (QED) is 0.446. The van der Waals surface area contributed by atoms with Gasteiger partial charge in [-0.2, -0.15) is 26.3 Å². The Kier molecular flexibility index (Phi) is 8.17. The van der Waals surface area contributed by atoms with Crippen molar-refractivity contribution in [3.63, 3.8) is 0 Å². The minimum absolute atomic E-state index is 0.505. The Hall–Kier alpha value is -2.64. The van der Waals surface area contributed by atoms with E-state index in [1.54, 1.807) is 13.8 Å². The summed E-state index contributed by atoms with van der Waals surface area (Å²) in [6, 6.07) is 9.46. The maximum atomic E-state index is 13.5. The average molecular weight is 418 g/mol. The highest BCUT2D eigenvalue weighted by molar-refractivity contribution is 5.93. The Bertz CT molecular complexity index is 740. The number of carbonyl (C=O) groups excluding carboxylic acids is 2. The molecule has 0 radical (unpaired) electrons. The molecule has 2 nitrogen and oxygen atoms in total. The largest absolute Gasteiger partial charge is 0.402 e. The monoisotopic (exact) mass is 418 g/mol. The number of Topliss-reactive ketones (excluding diaryl/α,β-unsaturated/α-hetero) is 1. The third kappa shape index (κ3) is 6.73. The van der Waals surface area contributed by atoms with Crippen LogP contribution in [-0.2, 0) is 9.59 Å². The molecular formula is C21H20F6O2. The van der Waals surface area contributed by atoms with E-state index in [1.165, 1.54) is 31.2 Å². The predicted molar refractivity (Wildman–Crippen MR) is 96.7 cm³/mol. The van der Waals surface area contributed by atoms with Crippen molar-refractivity contribution in [2.24, 2.45) is 0 Å². The lowest BCUT2D eigenvalue weighted by molar-refractivity contribution is -0.183. The zero-order chi connectivity index (χ0) is 22.4. The van der Waals surface area contributed by atoms with E-state index in [0.29, 0.717) is 11.1 Å². The summed E-state index contributed by atoms with van der Waals surface area (Å²) in [4.78, 5) is 21.3. The van der Waals surface area contributed by atoms with Crippen molar-refractivity contribution in [1.29, 1.82) is 0 Å². The lowest BCUT2D eigenvalue weighted by Crippen LogP contribution is -2.38. The summed E-state index contributed by atoms with van der Waals surface area (Å²) in [5, 5.41) is 0. The lowest BCUT2D eigenvalue weighted by atomic mass is 9.82. The van der Waals surface area contributed by atoms with E-state index in [4.69, 9.17) is 4.79 Å². The Balaban J connectivity index is 0.00000132. The van der Waals surface area contributed by atoms with Gasteiger partial charge in [-0.15, -0.1) is 0 Å². The number of rotatable bonds is 4. The van der Waals surface area contributed by atoms with Crippen LogP contribution < -0.4 is 0 Å². The van der Waals surface area contributed by atoms with Crippen molar-refractivity contribution in [2.75, 3.05) is 0 Å². The molecule has 0 aliphatic rings. The highest BCUT2D eigenvalue weighted by Crippen LogP contribution is 2.44. The van der Waals surface area contributed by atoms with Crippen LogP contribution in [0.5, 0.6) is 0 Å². The van der Waals surface area contributed by atoms with Crippen LogP contribution in [0.15, 0.2) is 48.5 Å². The fraction of sp³-hybridized carbons (Fsp3) is 0.333. The summed E-state index contributed by atoms with van der Waals surface area (Å²) in [5.41, 5.74) is 0.255. The third-order valence-electron chi connectivity index (χ3n) is 4.05. The number of halogens is 6. The molecule has 158 valence electrons. The minimum atomic E-state index is -5.14. The van der Waals surface area contributed by atoms with Crippen LogP contribution in [0.3, 0.4) is 0 Å². The molecule has 2 rings (SSSR count). The Morgan fingerprint density at radius 2 is 0.966 bits per heavy atom. The highest BCUT2D eigenvalue weighted by Gasteiger charge is 2.55. The van der Waals surface area contributed by atoms with Crippen LogP contribution in [0.2, 0.25) is 0 Å². The first-order chi connectivity index (χ1) is 13.3. The van der Waals surface area contributed by atoms with Gasteiger partial charge >= 0.3 is 12.4 Å². The molecule has 0 fully saturated rings. The van der Waals surface area contributed by atoms with Crippen molar-refractivity contribution in [1.82, 2.24) is 0 Å². The smallest absolute Gasteiger partial charge is 0.304 e. The number of benzene rings is 2. The molecule has 2 aromatic carbocycles. The molecule has 0 N–H and O–H groups in total. The van der Waals surface area contributed by atoms with Crippen LogP contribution in [0.1, 0.15) is 41.0 Å². The van der Waals surface area contributed by atoms with Gasteiger partial charge < -0.3 is 4.79 Å². The number of hydrogen-bond acceptors (Lipinski definition) is 2. The lowest BCUT2D eigenvalue weighted by Gasteiger charge is -2.26. The number of aryl methyl sites for hydroxylation is 2. The Labute approximate surface area is 164 Å². The summed E-state index contributed by atoms with van der Waals surface area (Å²) in [6.07, 6.45) is -9.53. The Morgan fingerprint density at radius 3 is 1.17 bits per heavy atom. The maximum absolute atomic E-state index is 13.5. The normalized spacial score (nSPS) is 13.7. The van der Waals surface area contributed by atoms with Crippen molar-refractivity contribution >= 4 is 12.1 Å². The summed E-state index contributed by atoms with van der Waals surface area (Å²) in [7, 11) is 0. The van der Waals surface area contributed by atoms with Gasteiger partial charge in [0.25, 0.3) is 0 Å². The number of carbonyl (C=O) groups is 2. The maximum Gasteiger partial charge on any atom is 0.402 e. The molecule has 0 heterocycles. The number of ketones is 1. The molecule has 0 saturated carbocycles. The fourth-order valence-electron chi connectivity index (χ4n) is 2.71. The second-order valence-electron chi connectivity index (χ2n) is 6.41. The first kappa shape index (κ1) is 24.4. The number of hydrogen-bond donors (Lipinski definition) is 0. The molecule has 29 heavy (non-hydrogen) atoms. The molecule has 2 unspecified atom stereocenters. The SMILES string of the molecule is CC=O.Cc1ccc(C(C(=O)C(c2ccc(C)cc2)C(F)(F)F)C(F)(F)F)cc1. The Morgan fingerprint density at radius 1 is 0.724 bits per heavy atom. The first-order valence-electron chi connectivity index (χ1n) is 8.53. The highest BCUT2D eigenvalue weighted by atomic mass is 19.4. The van der Waals surface area contributed by atoms with Gasteiger partial charge in [0.2, 0.25) is 0 Å². The molecule has 0 aliphatic heterocycles. The standard InChI is InChI=1S/C19H16F6O.C2H4O/c1-11-3-7-13(8-4-11)15(18(20,21)22)17(26)16(19(23,24)25)14-9-5-12(2)6-10-14;1-2-3/h3-10,15-16H,1-2H3;2H,1H3. The van der Waals surface area contributed by atoms with Gasteiger partial charge in [-0.05, 0) is 31.9 Å². The predicted octanol–water partition coefficient (Wildman–Crippen LogP) is 6.07. The van der Waals surface area contributed by atoms with E-state index in [9.17, 15) is 31.1 Å². The van der Waals surface area contributed by atoms with Crippen LogP contribution in [0, 0.1) is 13.8 Å². The zero-order valence-electron chi connectivity index (χ0n) is 15.9. The van der Waals surface area contributed by atoms with E-state index in [2.05, 4.69) is 0 Å². The van der Waals surface area contributed by atoms with Crippen molar-refractivity contribution in [3.8, 4) is 0 Å². The van der Waals surface area contributed by atoms with Crippen molar-refractivity contribution < 1.29 is 35.9 Å². The molecular weight excluding hydrogens is 398 g/mol. The molecule has 8 heteroatoms. The topological polar surface area (TPSA) is 34.1 Å². The van der Waals surface area contributed by atoms with Gasteiger partial charge in [-0.1, -0.05) is 59.7 Å². The van der Waals surface area contributed by atoms with Crippen molar-refractivity contribution in [2.45, 2.75) is 45.0 Å². The molecule has 0 aromatic heterocycles. The second-order valence-corrected chi connectivity index (χ2v) is 6.41. The van der Waals surface area contributed by atoms with Gasteiger partial charge in [0, 0.05) is 0 Å². The van der Waals surface area contributed by atoms with Gasteiger partial charge in [-0.3, -0.25) is 4.79 Å². The third-order valence-corrected chi connectivity index (χ3v) is 4.05. The van der Waals surface area contributed by atoms with Crippen molar-refractivity contribution in [3.05, 3.63) is 70.8 Å². The van der Waals surface area contributed by atoms with E-state index in [-0.39, 0.29) is 0 Å². The van der Waals surface area contributed by atoms with Crippen LogP contribution in [0.4, 0.5) is 26.3 Å². The van der Waals surface area contributed by atoms with E-state index >= 15 is 0 Å². The molecule has 0 amide bonds. The van der Waals surface area contributed by atoms with Gasteiger partial charge in [-0.25, -0.2) is 0 Å². The number of aldehydes is 1. The zero-order valence-corrected chi connectivity index (χ0v) is 15.9. The molecule has 2 aromatic rings. The van der Waals surface area contributed by atoms with E-state index in [0.717, 1.165) is 30.6 Å². The first-order valence-corrected chi connectivity index (χ1v) is 8.53. The van der Waals surface area contributed by atoms with Crippen LogP contribution in [-0.4, -0.2) is 24.4 Å². The summed E-state index contributed by atoms with van der Waals surface area (Å²) < 4.78 is 81.0. The average Bonchev–Trinajstić information content (AvgIpc) is 2.57. The summed E-state index contributed by atoms with van der Waals surface area (Å²) >= 11 is 0. The molecule has 0 aliphatic carbocycles. The fourth-order valence-corrected chi connectivity index (χ4v) is 2.71.